The first kappa shape index (κ1) is 68.6. The normalized spacial score (nSPS) is 9.97. The number of ether oxygens (including phenoxy) is 2. The lowest BCUT2D eigenvalue weighted by Crippen LogP contribution is -2.33. The molecule has 0 unspecified atom stereocenters. The summed E-state index contributed by atoms with van der Waals surface area (Å²) in [6.07, 6.45) is 2.51. The van der Waals surface area contributed by atoms with E-state index in [4.69, 9.17) is 4.74 Å². The fraction of sp³-hybridized carbons (Fsp3) is 0.702. The third-order valence-electron chi connectivity index (χ3n) is 8.19. The average Bonchev–Trinajstić information content (AvgIpc) is 3.21. The van der Waals surface area contributed by atoms with E-state index in [-0.39, 0.29) is 185 Å². The van der Waals surface area contributed by atoms with Crippen molar-refractivity contribution in [1.29, 1.82) is 0 Å². The number of rotatable bonds is 30. The van der Waals surface area contributed by atoms with Gasteiger partial charge in [0.15, 0.2) is 24.0 Å². The van der Waals surface area contributed by atoms with Crippen LogP contribution in [0.25, 0.3) is 0 Å². The first-order chi connectivity index (χ1) is 29.5. The van der Waals surface area contributed by atoms with Gasteiger partial charge in [0.05, 0.1) is 24.9 Å². The van der Waals surface area contributed by atoms with E-state index in [1.165, 1.54) is 27.7 Å². The topological polar surface area (TPSA) is 281 Å². The molecule has 2 N–H and O–H groups in total. The van der Waals surface area contributed by atoms with Crippen molar-refractivity contribution in [3.63, 3.8) is 0 Å². The number of hydrogen-bond acceptors (Lipinski definition) is 16. The third-order valence-corrected chi connectivity index (χ3v) is 8.19. The van der Waals surface area contributed by atoms with Crippen molar-refractivity contribution in [2.75, 3.05) is 26.3 Å². The lowest BCUT2D eigenvalue weighted by molar-refractivity contribution is -0.151. The number of hydrogen-bond donors (Lipinski definition) is 2. The number of carbonyl (C=O) groups is 14. The molecule has 0 aliphatic heterocycles. The van der Waals surface area contributed by atoms with Crippen LogP contribution in [-0.2, 0) is 76.6 Å². The lowest BCUT2D eigenvalue weighted by Gasteiger charge is -2.07. The SMILES string of the molecule is C.CC(=O)CCC(=O)CCC(=O)C(C)C.CC(=O)CCC(=O)CNC(=O)CCC(=O)C(C)C.CC(=O)CCC(=O)CNC(=O)COC(=O)C(C)C.CC(=O)CCC(=O)COC(=O)C(C)C. The Hall–Kier alpha value is -5.42. The molecule has 0 rings (SSSR count). The Morgan fingerprint density at radius 3 is 0.969 bits per heavy atom. The van der Waals surface area contributed by atoms with Crippen molar-refractivity contribution in [2.45, 2.75) is 168 Å². The highest BCUT2D eigenvalue weighted by molar-refractivity contribution is 5.92. The quantitative estimate of drug-likeness (QED) is 0.0899. The number of carbonyl (C=O) groups excluding carboxylic acids is 14. The van der Waals surface area contributed by atoms with Gasteiger partial charge in [-0.05, 0) is 27.7 Å². The van der Waals surface area contributed by atoms with E-state index in [9.17, 15) is 67.1 Å². The highest BCUT2D eigenvalue weighted by Crippen LogP contribution is 2.06. The van der Waals surface area contributed by atoms with Gasteiger partial charge in [-0.1, -0.05) is 62.8 Å². The standard InChI is InChI=1S/C13H21NO4.C12H19NO5.C11H18O3.C10H16O4.CH4/c1-9(2)12(17)6-7-13(18)14-8-11(16)5-4-10(3)15;1-8(2)12(17)18-7-11(16)13-6-10(15)5-4-9(3)14;1-8(2)11(14)7-6-10(13)5-4-9(3)12;1-7(2)10(13)14-6-9(12)5-4-8(3)11;/h9H,4-8H2,1-3H3,(H,14,18);8H,4-7H2,1-3H3,(H,13,16);8H,4-7H2,1-3H3;7H,4-6H2,1-3H3;1H4. The van der Waals surface area contributed by atoms with Gasteiger partial charge in [-0.3, -0.25) is 47.9 Å². The molecule has 0 spiro atoms. The molecular weight excluding hydrogens is 849 g/mol. The van der Waals surface area contributed by atoms with Crippen LogP contribution in [0.2, 0.25) is 0 Å². The Kier molecular flexibility index (Phi) is 43.6. The van der Waals surface area contributed by atoms with Gasteiger partial charge in [0, 0.05) is 88.9 Å². The van der Waals surface area contributed by atoms with Gasteiger partial charge < -0.3 is 39.3 Å². The molecule has 0 aliphatic rings. The first-order valence-electron chi connectivity index (χ1n) is 21.5. The summed E-state index contributed by atoms with van der Waals surface area (Å²) in [5, 5.41) is 4.77. The smallest absolute Gasteiger partial charge is 0.308 e. The van der Waals surface area contributed by atoms with E-state index in [1.807, 2.05) is 13.8 Å². The Labute approximate surface area is 385 Å². The second-order valence-corrected chi connectivity index (χ2v) is 16.3. The van der Waals surface area contributed by atoms with Gasteiger partial charge in [0.1, 0.15) is 47.1 Å². The summed E-state index contributed by atoms with van der Waals surface area (Å²) in [5.74, 6) is -2.87. The summed E-state index contributed by atoms with van der Waals surface area (Å²) in [4.78, 5) is 154. The number of Topliss-reactive ketones (excluding diaryl/α,β-unsaturated/α-hetero) is 10. The highest BCUT2D eigenvalue weighted by Gasteiger charge is 2.15. The molecule has 18 nitrogen and oxygen atoms in total. The number of ketones is 10. The lowest BCUT2D eigenvalue weighted by atomic mass is 10.0. The Balaban J connectivity index is -0.000000247. The fourth-order valence-corrected chi connectivity index (χ4v) is 3.87. The van der Waals surface area contributed by atoms with Gasteiger partial charge in [-0.15, -0.1) is 0 Å². The number of nitrogens with one attached hydrogen (secondary N) is 2. The molecule has 0 aromatic heterocycles. The summed E-state index contributed by atoms with van der Waals surface area (Å²) in [5.41, 5.74) is 0. The molecule has 0 fully saturated rings. The van der Waals surface area contributed by atoms with Crippen molar-refractivity contribution >= 4 is 81.6 Å². The van der Waals surface area contributed by atoms with Gasteiger partial charge >= 0.3 is 11.9 Å². The van der Waals surface area contributed by atoms with Crippen LogP contribution in [0.1, 0.15) is 168 Å². The molecule has 18 heteroatoms. The third kappa shape index (κ3) is 51.1. The van der Waals surface area contributed by atoms with Crippen LogP contribution in [0, 0.1) is 23.7 Å². The molecule has 0 heterocycles. The van der Waals surface area contributed by atoms with E-state index in [0.29, 0.717) is 12.8 Å². The van der Waals surface area contributed by atoms with Crippen LogP contribution >= 0.6 is 0 Å². The molecule has 0 atom stereocenters. The maximum Gasteiger partial charge on any atom is 0.308 e. The van der Waals surface area contributed by atoms with E-state index in [2.05, 4.69) is 15.4 Å². The van der Waals surface area contributed by atoms with Crippen LogP contribution in [-0.4, -0.2) is 108 Å². The van der Waals surface area contributed by atoms with Crippen LogP contribution < -0.4 is 10.6 Å². The average molecular weight is 927 g/mol. The monoisotopic (exact) mass is 927 g/mol. The fourth-order valence-electron chi connectivity index (χ4n) is 3.87. The minimum atomic E-state index is -0.528. The summed E-state index contributed by atoms with van der Waals surface area (Å²) in [6, 6.07) is 0. The maximum atomic E-state index is 11.3. The van der Waals surface area contributed by atoms with E-state index >= 15 is 0 Å². The highest BCUT2D eigenvalue weighted by atomic mass is 16.5. The zero-order chi connectivity index (χ0) is 50.5. The molecule has 0 aliphatic carbocycles. The van der Waals surface area contributed by atoms with E-state index < -0.39 is 18.5 Å². The van der Waals surface area contributed by atoms with E-state index in [0.717, 1.165) is 0 Å². The predicted molar refractivity (Wildman–Crippen MR) is 242 cm³/mol. The second kappa shape index (κ2) is 41.3. The molecule has 0 aromatic rings. The second-order valence-electron chi connectivity index (χ2n) is 16.3. The van der Waals surface area contributed by atoms with Crippen LogP contribution in [0.15, 0.2) is 0 Å². The Bertz CT molecular complexity index is 1480. The largest absolute Gasteiger partial charge is 0.457 e. The van der Waals surface area contributed by atoms with E-state index in [1.54, 1.807) is 41.5 Å². The molecule has 0 aromatic carbocycles. The zero-order valence-electron chi connectivity index (χ0n) is 40.2. The molecular formula is C47H78N2O16. The Morgan fingerprint density at radius 1 is 0.338 bits per heavy atom. The van der Waals surface area contributed by atoms with Crippen molar-refractivity contribution in [2.24, 2.45) is 23.7 Å². The summed E-state index contributed by atoms with van der Waals surface area (Å²) >= 11 is 0. The molecule has 0 saturated carbocycles. The minimum absolute atomic E-state index is 0. The molecule has 0 radical (unpaired) electrons. The van der Waals surface area contributed by atoms with Gasteiger partial charge in [0.25, 0.3) is 5.91 Å². The van der Waals surface area contributed by atoms with Crippen LogP contribution in [0.5, 0.6) is 0 Å². The van der Waals surface area contributed by atoms with Crippen molar-refractivity contribution in [3.8, 4) is 0 Å². The minimum Gasteiger partial charge on any atom is -0.457 e. The predicted octanol–water partition coefficient (Wildman–Crippen LogP) is 4.98. The molecule has 0 saturated heterocycles. The summed E-state index contributed by atoms with van der Waals surface area (Å²) in [6.45, 7) is 18.8. The molecule has 65 heavy (non-hydrogen) atoms. The first-order valence-corrected chi connectivity index (χ1v) is 21.5. The van der Waals surface area contributed by atoms with Crippen molar-refractivity contribution in [3.05, 3.63) is 0 Å². The number of esters is 2. The van der Waals surface area contributed by atoms with Crippen LogP contribution in [0.4, 0.5) is 0 Å². The maximum absolute atomic E-state index is 11.3. The van der Waals surface area contributed by atoms with Crippen molar-refractivity contribution < 1.29 is 76.6 Å². The Morgan fingerprint density at radius 2 is 0.631 bits per heavy atom. The van der Waals surface area contributed by atoms with Crippen molar-refractivity contribution in [1.82, 2.24) is 10.6 Å². The van der Waals surface area contributed by atoms with Crippen LogP contribution in [0.3, 0.4) is 0 Å². The zero-order valence-corrected chi connectivity index (χ0v) is 40.2. The molecule has 0 bridgehead atoms. The summed E-state index contributed by atoms with van der Waals surface area (Å²) in [7, 11) is 0. The van der Waals surface area contributed by atoms with Gasteiger partial charge in [-0.2, -0.15) is 0 Å². The molecule has 372 valence electrons. The summed E-state index contributed by atoms with van der Waals surface area (Å²) < 4.78 is 9.38. The number of amides is 2. The van der Waals surface area contributed by atoms with Gasteiger partial charge in [0.2, 0.25) is 5.91 Å². The van der Waals surface area contributed by atoms with Gasteiger partial charge in [-0.25, -0.2) is 0 Å². The molecule has 2 amide bonds.